The van der Waals surface area contributed by atoms with Crippen molar-refractivity contribution in [1.82, 2.24) is 0 Å². The molecule has 0 radical (unpaired) electrons. The molecular weight excluding hydrogens is 130 g/mol. The molecule has 56 valence electrons. The summed E-state index contributed by atoms with van der Waals surface area (Å²) < 4.78 is 0. The van der Waals surface area contributed by atoms with Crippen molar-refractivity contribution in [1.29, 1.82) is 0 Å². The molecule has 0 fully saturated rings. The van der Waals surface area contributed by atoms with Gasteiger partial charge in [-0.3, -0.25) is 9.59 Å². The molecule has 0 aliphatic heterocycles. The molecule has 3 nitrogen and oxygen atoms in total. The molecule has 0 aromatic rings. The lowest BCUT2D eigenvalue weighted by Gasteiger charge is -1.94. The lowest BCUT2D eigenvalue weighted by Crippen LogP contribution is -2.08. The van der Waals surface area contributed by atoms with Gasteiger partial charge in [0, 0.05) is 6.54 Å². The van der Waals surface area contributed by atoms with Crippen molar-refractivity contribution in [3.05, 3.63) is 11.6 Å². The van der Waals surface area contributed by atoms with E-state index in [4.69, 9.17) is 5.73 Å². The van der Waals surface area contributed by atoms with Gasteiger partial charge in [-0.1, -0.05) is 6.08 Å². The van der Waals surface area contributed by atoms with Crippen LogP contribution in [-0.2, 0) is 9.59 Å². The van der Waals surface area contributed by atoms with Crippen LogP contribution >= 0.6 is 0 Å². The third-order valence-corrected chi connectivity index (χ3v) is 1.08. The zero-order valence-electron chi connectivity index (χ0n) is 6.18. The monoisotopic (exact) mass is 141 g/mol. The lowest BCUT2D eigenvalue weighted by atomic mass is 10.1. The Hall–Kier alpha value is -0.960. The van der Waals surface area contributed by atoms with E-state index in [1.54, 1.807) is 0 Å². The van der Waals surface area contributed by atoms with E-state index in [1.807, 2.05) is 0 Å². The van der Waals surface area contributed by atoms with Crippen molar-refractivity contribution in [2.24, 2.45) is 5.73 Å². The SMILES string of the molecule is CC(=O)C(=CCN)C(C)=O. The van der Waals surface area contributed by atoms with Gasteiger partial charge in [0.15, 0.2) is 11.6 Å². The number of hydrogen-bond donors (Lipinski definition) is 1. The maximum absolute atomic E-state index is 10.6. The fraction of sp³-hybridized carbons (Fsp3) is 0.429. The number of Topliss-reactive ketones (excluding diaryl/α,β-unsaturated/α-hetero) is 2. The highest BCUT2D eigenvalue weighted by Gasteiger charge is 2.06. The van der Waals surface area contributed by atoms with Gasteiger partial charge in [0.05, 0.1) is 5.57 Å². The Labute approximate surface area is 59.9 Å². The standard InChI is InChI=1S/C7H11NO2/c1-5(9)7(3-4-8)6(2)10/h3H,4,8H2,1-2H3. The largest absolute Gasteiger partial charge is 0.327 e. The Balaban J connectivity index is 4.42. The third kappa shape index (κ3) is 2.55. The minimum absolute atomic E-state index is 0.197. The summed E-state index contributed by atoms with van der Waals surface area (Å²) in [5.41, 5.74) is 5.32. The highest BCUT2D eigenvalue weighted by Crippen LogP contribution is 1.95. The molecule has 0 spiro atoms. The molecule has 0 unspecified atom stereocenters. The number of ketones is 2. The van der Waals surface area contributed by atoms with Crippen molar-refractivity contribution in [3.8, 4) is 0 Å². The number of allylic oxidation sites excluding steroid dienone is 1. The molecule has 0 atom stereocenters. The van der Waals surface area contributed by atoms with Crippen LogP contribution in [0.15, 0.2) is 11.6 Å². The Morgan fingerprint density at radius 2 is 1.70 bits per heavy atom. The summed E-state index contributed by atoms with van der Waals surface area (Å²) in [6.45, 7) is 2.93. The first kappa shape index (κ1) is 9.04. The van der Waals surface area contributed by atoms with Gasteiger partial charge >= 0.3 is 0 Å². The highest BCUT2D eigenvalue weighted by molar-refractivity contribution is 6.18. The first-order valence-electron chi connectivity index (χ1n) is 3.01. The van der Waals surface area contributed by atoms with Gasteiger partial charge in [0.1, 0.15) is 0 Å². The van der Waals surface area contributed by atoms with Crippen LogP contribution in [-0.4, -0.2) is 18.1 Å². The summed E-state index contributed by atoms with van der Waals surface area (Å²) in [7, 11) is 0. The van der Waals surface area contributed by atoms with Gasteiger partial charge in [0.2, 0.25) is 0 Å². The van der Waals surface area contributed by atoms with Crippen molar-refractivity contribution < 1.29 is 9.59 Å². The van der Waals surface area contributed by atoms with Crippen LogP contribution in [0.2, 0.25) is 0 Å². The average Bonchev–Trinajstić information content (AvgIpc) is 1.81. The van der Waals surface area contributed by atoms with E-state index >= 15 is 0 Å². The van der Waals surface area contributed by atoms with E-state index in [0.29, 0.717) is 0 Å². The van der Waals surface area contributed by atoms with Crippen molar-refractivity contribution in [2.75, 3.05) is 6.54 Å². The number of rotatable bonds is 3. The van der Waals surface area contributed by atoms with E-state index in [9.17, 15) is 9.59 Å². The third-order valence-electron chi connectivity index (χ3n) is 1.08. The number of carbonyl (C=O) groups excluding carboxylic acids is 2. The Kier molecular flexibility index (Phi) is 3.57. The van der Waals surface area contributed by atoms with Gasteiger partial charge < -0.3 is 5.73 Å². The molecular formula is C7H11NO2. The maximum atomic E-state index is 10.6. The molecule has 0 aromatic heterocycles. The predicted molar refractivity (Wildman–Crippen MR) is 38.5 cm³/mol. The fourth-order valence-electron chi connectivity index (χ4n) is 0.653. The molecule has 0 aliphatic rings. The van der Waals surface area contributed by atoms with Gasteiger partial charge in [-0.15, -0.1) is 0 Å². The summed E-state index contributed by atoms with van der Waals surface area (Å²) in [5, 5.41) is 0. The molecule has 2 N–H and O–H groups in total. The normalized spacial score (nSPS) is 8.70. The van der Waals surface area contributed by atoms with E-state index in [1.165, 1.54) is 19.9 Å². The molecule has 0 rings (SSSR count). The topological polar surface area (TPSA) is 60.2 Å². The fourth-order valence-corrected chi connectivity index (χ4v) is 0.653. The molecule has 0 heterocycles. The van der Waals surface area contributed by atoms with Crippen molar-refractivity contribution in [3.63, 3.8) is 0 Å². The summed E-state index contributed by atoms with van der Waals surface area (Å²) in [4.78, 5) is 21.3. The Morgan fingerprint density at radius 1 is 1.30 bits per heavy atom. The quantitative estimate of drug-likeness (QED) is 0.343. The van der Waals surface area contributed by atoms with Crippen LogP contribution in [0.25, 0.3) is 0 Å². The Morgan fingerprint density at radius 3 is 1.80 bits per heavy atom. The molecule has 0 saturated heterocycles. The van der Waals surface area contributed by atoms with Crippen LogP contribution in [0.4, 0.5) is 0 Å². The predicted octanol–water partition coefficient (Wildman–Crippen LogP) is 0.0495. The van der Waals surface area contributed by atoms with Crippen LogP contribution in [0, 0.1) is 0 Å². The van der Waals surface area contributed by atoms with Crippen LogP contribution in [0.1, 0.15) is 13.8 Å². The number of hydrogen-bond acceptors (Lipinski definition) is 3. The molecule has 0 saturated carbocycles. The summed E-state index contributed by atoms with van der Waals surface area (Å²) >= 11 is 0. The van der Waals surface area contributed by atoms with E-state index in [2.05, 4.69) is 0 Å². The van der Waals surface area contributed by atoms with Gasteiger partial charge in [-0.25, -0.2) is 0 Å². The Bertz CT molecular complexity index is 166. The van der Waals surface area contributed by atoms with Crippen molar-refractivity contribution >= 4 is 11.6 Å². The second-order valence-corrected chi connectivity index (χ2v) is 1.97. The zero-order valence-corrected chi connectivity index (χ0v) is 6.18. The molecule has 0 aromatic carbocycles. The smallest absolute Gasteiger partial charge is 0.163 e. The zero-order chi connectivity index (χ0) is 8.15. The second kappa shape index (κ2) is 3.95. The molecule has 0 bridgehead atoms. The van der Waals surface area contributed by atoms with Gasteiger partial charge in [-0.05, 0) is 13.8 Å². The molecule has 0 amide bonds. The molecule has 0 aliphatic carbocycles. The second-order valence-electron chi connectivity index (χ2n) is 1.97. The summed E-state index contributed by atoms with van der Waals surface area (Å²) in [6, 6.07) is 0. The van der Waals surface area contributed by atoms with Crippen molar-refractivity contribution in [2.45, 2.75) is 13.8 Å². The van der Waals surface area contributed by atoms with E-state index in [-0.39, 0.29) is 23.7 Å². The minimum Gasteiger partial charge on any atom is -0.327 e. The minimum atomic E-state index is -0.224. The molecule has 10 heavy (non-hydrogen) atoms. The van der Waals surface area contributed by atoms with Crippen LogP contribution in [0.5, 0.6) is 0 Å². The summed E-state index contributed by atoms with van der Waals surface area (Å²) in [6.07, 6.45) is 1.44. The van der Waals surface area contributed by atoms with Crippen LogP contribution < -0.4 is 5.73 Å². The first-order chi connectivity index (χ1) is 4.59. The van der Waals surface area contributed by atoms with Gasteiger partial charge in [0.25, 0.3) is 0 Å². The molecule has 3 heteroatoms. The van der Waals surface area contributed by atoms with E-state index in [0.717, 1.165) is 0 Å². The maximum Gasteiger partial charge on any atom is 0.163 e. The highest BCUT2D eigenvalue weighted by atomic mass is 16.1. The lowest BCUT2D eigenvalue weighted by molar-refractivity contribution is -0.119. The van der Waals surface area contributed by atoms with Crippen LogP contribution in [0.3, 0.4) is 0 Å². The van der Waals surface area contributed by atoms with E-state index < -0.39 is 0 Å². The number of carbonyl (C=O) groups is 2. The first-order valence-corrected chi connectivity index (χ1v) is 3.01. The van der Waals surface area contributed by atoms with Gasteiger partial charge in [-0.2, -0.15) is 0 Å². The summed E-state index contributed by atoms with van der Waals surface area (Å²) in [5.74, 6) is -0.448. The number of nitrogens with two attached hydrogens (primary N) is 1. The average molecular weight is 141 g/mol.